The molecule has 0 bridgehead atoms. The standard InChI is InChI=1S/C12H16N4OS/c1-3-17-10-11(13)15-18-12(10)16(2)8-9-6-4-5-7-14-9/h4-7H,3,8H2,1-2H3,(H2,13,15). The Morgan fingerprint density at radius 2 is 2.28 bits per heavy atom. The van der Waals surface area contributed by atoms with Crippen molar-refractivity contribution < 1.29 is 4.74 Å². The molecule has 0 saturated heterocycles. The molecule has 2 aromatic rings. The zero-order valence-corrected chi connectivity index (χ0v) is 11.3. The van der Waals surface area contributed by atoms with Crippen molar-refractivity contribution in [2.45, 2.75) is 13.5 Å². The predicted octanol–water partition coefficient (Wildman–Crippen LogP) is 2.16. The third-order valence-corrected chi connectivity index (χ3v) is 3.38. The maximum Gasteiger partial charge on any atom is 0.197 e. The van der Waals surface area contributed by atoms with Gasteiger partial charge in [-0.15, -0.1) is 0 Å². The van der Waals surface area contributed by atoms with Gasteiger partial charge in [0, 0.05) is 13.2 Å². The second kappa shape index (κ2) is 5.68. The van der Waals surface area contributed by atoms with E-state index in [4.69, 9.17) is 10.5 Å². The van der Waals surface area contributed by atoms with Gasteiger partial charge in [-0.1, -0.05) is 6.07 Å². The van der Waals surface area contributed by atoms with Gasteiger partial charge in [0.05, 0.1) is 18.8 Å². The van der Waals surface area contributed by atoms with Crippen molar-refractivity contribution in [2.24, 2.45) is 0 Å². The van der Waals surface area contributed by atoms with Gasteiger partial charge in [0.15, 0.2) is 16.6 Å². The number of hydrogen-bond donors (Lipinski definition) is 1. The van der Waals surface area contributed by atoms with Gasteiger partial charge < -0.3 is 15.4 Å². The highest BCUT2D eigenvalue weighted by atomic mass is 32.1. The Balaban J connectivity index is 2.16. The molecular formula is C12H16N4OS. The van der Waals surface area contributed by atoms with E-state index in [0.717, 1.165) is 10.7 Å². The number of nitrogen functional groups attached to an aromatic ring is 1. The fraction of sp³-hybridized carbons (Fsp3) is 0.333. The van der Waals surface area contributed by atoms with Crippen LogP contribution >= 0.6 is 11.5 Å². The summed E-state index contributed by atoms with van der Waals surface area (Å²) in [7, 11) is 1.98. The van der Waals surface area contributed by atoms with Crippen LogP contribution in [0, 0.1) is 0 Å². The first-order chi connectivity index (χ1) is 8.72. The number of anilines is 2. The number of rotatable bonds is 5. The minimum atomic E-state index is 0.449. The molecule has 0 fully saturated rings. The molecule has 0 aliphatic heterocycles. The normalized spacial score (nSPS) is 10.3. The summed E-state index contributed by atoms with van der Waals surface area (Å²) in [5.74, 6) is 1.12. The van der Waals surface area contributed by atoms with Crippen LogP contribution in [0.1, 0.15) is 12.6 Å². The zero-order valence-electron chi connectivity index (χ0n) is 10.5. The van der Waals surface area contributed by atoms with Gasteiger partial charge >= 0.3 is 0 Å². The van der Waals surface area contributed by atoms with E-state index in [9.17, 15) is 0 Å². The topological polar surface area (TPSA) is 64.3 Å². The molecule has 0 spiro atoms. The van der Waals surface area contributed by atoms with Crippen molar-refractivity contribution in [3.8, 4) is 5.75 Å². The van der Waals surface area contributed by atoms with Crippen LogP contribution in [0.25, 0.3) is 0 Å². The monoisotopic (exact) mass is 264 g/mol. The van der Waals surface area contributed by atoms with Crippen molar-refractivity contribution >= 4 is 22.4 Å². The zero-order chi connectivity index (χ0) is 13.0. The van der Waals surface area contributed by atoms with E-state index in [-0.39, 0.29) is 0 Å². The Labute approximate surface area is 110 Å². The highest BCUT2D eigenvalue weighted by molar-refractivity contribution is 7.11. The van der Waals surface area contributed by atoms with Crippen LogP contribution in [0.3, 0.4) is 0 Å². The van der Waals surface area contributed by atoms with Crippen LogP contribution in [-0.4, -0.2) is 23.0 Å². The summed E-state index contributed by atoms with van der Waals surface area (Å²) in [6.07, 6.45) is 1.79. The summed E-state index contributed by atoms with van der Waals surface area (Å²) < 4.78 is 9.66. The fourth-order valence-corrected chi connectivity index (χ4v) is 2.33. The second-order valence-electron chi connectivity index (χ2n) is 3.81. The molecule has 96 valence electrons. The first-order valence-corrected chi connectivity index (χ1v) is 6.48. The van der Waals surface area contributed by atoms with Crippen LogP contribution < -0.4 is 15.4 Å². The molecule has 2 rings (SSSR count). The Bertz CT molecular complexity index is 500. The molecule has 0 atom stereocenters. The molecular weight excluding hydrogens is 248 g/mol. The first-order valence-electron chi connectivity index (χ1n) is 5.71. The lowest BCUT2D eigenvalue weighted by Gasteiger charge is -2.17. The van der Waals surface area contributed by atoms with Crippen molar-refractivity contribution in [3.63, 3.8) is 0 Å². The molecule has 0 saturated carbocycles. The van der Waals surface area contributed by atoms with Gasteiger partial charge in [0.2, 0.25) is 0 Å². The largest absolute Gasteiger partial charge is 0.487 e. The van der Waals surface area contributed by atoms with Crippen LogP contribution in [-0.2, 0) is 6.54 Å². The van der Waals surface area contributed by atoms with Gasteiger partial charge in [-0.2, -0.15) is 4.37 Å². The van der Waals surface area contributed by atoms with Gasteiger partial charge in [-0.05, 0) is 30.6 Å². The number of pyridine rings is 1. The summed E-state index contributed by atoms with van der Waals surface area (Å²) in [6.45, 7) is 3.20. The summed E-state index contributed by atoms with van der Waals surface area (Å²) in [5, 5.41) is 0.931. The number of aromatic nitrogens is 2. The van der Waals surface area contributed by atoms with Crippen LogP contribution in [0.2, 0.25) is 0 Å². The second-order valence-corrected chi connectivity index (χ2v) is 4.56. The van der Waals surface area contributed by atoms with E-state index >= 15 is 0 Å². The predicted molar refractivity (Wildman–Crippen MR) is 74.0 cm³/mol. The molecule has 2 heterocycles. The summed E-state index contributed by atoms with van der Waals surface area (Å²) in [5.41, 5.74) is 6.79. The summed E-state index contributed by atoms with van der Waals surface area (Å²) in [6, 6.07) is 5.86. The fourth-order valence-electron chi connectivity index (χ4n) is 1.61. The van der Waals surface area contributed by atoms with Crippen molar-refractivity contribution in [1.82, 2.24) is 9.36 Å². The first kappa shape index (κ1) is 12.6. The average Bonchev–Trinajstić information content (AvgIpc) is 2.73. The van der Waals surface area contributed by atoms with Crippen LogP contribution in [0.4, 0.5) is 10.8 Å². The maximum absolute atomic E-state index is 5.79. The van der Waals surface area contributed by atoms with E-state index in [1.807, 2.05) is 37.1 Å². The minimum absolute atomic E-state index is 0.449. The molecule has 0 amide bonds. The molecule has 18 heavy (non-hydrogen) atoms. The highest BCUT2D eigenvalue weighted by Gasteiger charge is 2.16. The lowest BCUT2D eigenvalue weighted by Crippen LogP contribution is -2.17. The Morgan fingerprint density at radius 3 is 2.94 bits per heavy atom. The summed E-state index contributed by atoms with van der Waals surface area (Å²) in [4.78, 5) is 6.34. The minimum Gasteiger partial charge on any atom is -0.487 e. The van der Waals surface area contributed by atoms with E-state index in [0.29, 0.717) is 24.7 Å². The quantitative estimate of drug-likeness (QED) is 0.896. The highest BCUT2D eigenvalue weighted by Crippen LogP contribution is 2.38. The number of nitrogens with zero attached hydrogens (tertiary/aromatic N) is 3. The molecule has 0 aromatic carbocycles. The Kier molecular flexibility index (Phi) is 3.99. The van der Waals surface area contributed by atoms with E-state index < -0.39 is 0 Å². The van der Waals surface area contributed by atoms with Crippen molar-refractivity contribution in [1.29, 1.82) is 0 Å². The van der Waals surface area contributed by atoms with Gasteiger partial charge in [0.25, 0.3) is 0 Å². The smallest absolute Gasteiger partial charge is 0.197 e. The molecule has 0 radical (unpaired) electrons. The molecule has 5 nitrogen and oxygen atoms in total. The number of nitrogens with two attached hydrogens (primary N) is 1. The van der Waals surface area contributed by atoms with E-state index in [2.05, 4.69) is 9.36 Å². The average molecular weight is 264 g/mol. The van der Waals surface area contributed by atoms with Gasteiger partial charge in [0.1, 0.15) is 0 Å². The van der Waals surface area contributed by atoms with Crippen LogP contribution in [0.5, 0.6) is 5.75 Å². The number of hydrogen-bond acceptors (Lipinski definition) is 6. The molecule has 6 heteroatoms. The van der Waals surface area contributed by atoms with Crippen molar-refractivity contribution in [3.05, 3.63) is 30.1 Å². The Morgan fingerprint density at radius 1 is 1.44 bits per heavy atom. The van der Waals surface area contributed by atoms with Crippen LogP contribution in [0.15, 0.2) is 24.4 Å². The van der Waals surface area contributed by atoms with Gasteiger partial charge in [-0.3, -0.25) is 4.98 Å². The van der Waals surface area contributed by atoms with E-state index in [1.54, 1.807) is 6.20 Å². The molecule has 2 aromatic heterocycles. The lowest BCUT2D eigenvalue weighted by atomic mass is 10.3. The lowest BCUT2D eigenvalue weighted by molar-refractivity contribution is 0.343. The summed E-state index contributed by atoms with van der Waals surface area (Å²) >= 11 is 1.34. The van der Waals surface area contributed by atoms with E-state index in [1.165, 1.54) is 11.5 Å². The maximum atomic E-state index is 5.79. The van der Waals surface area contributed by atoms with Gasteiger partial charge in [-0.25, -0.2) is 0 Å². The third-order valence-electron chi connectivity index (χ3n) is 2.42. The molecule has 0 aliphatic rings. The molecule has 2 N–H and O–H groups in total. The third kappa shape index (κ3) is 2.70. The van der Waals surface area contributed by atoms with Crippen molar-refractivity contribution in [2.75, 3.05) is 24.3 Å². The SMILES string of the molecule is CCOc1c(N)nsc1N(C)Cc1ccccn1. The molecule has 0 aliphatic carbocycles. The number of ether oxygens (including phenoxy) is 1. The Hall–Kier alpha value is -1.82. The molecule has 0 unspecified atom stereocenters.